The van der Waals surface area contributed by atoms with Crippen molar-refractivity contribution in [3.8, 4) is 17.2 Å². The highest BCUT2D eigenvalue weighted by atomic mass is 16.5. The Morgan fingerprint density at radius 3 is 2.45 bits per heavy atom. The number of methoxy groups -OCH3 is 3. The zero-order valence-corrected chi connectivity index (χ0v) is 22.6. The van der Waals surface area contributed by atoms with Gasteiger partial charge in [-0.25, -0.2) is 4.79 Å². The van der Waals surface area contributed by atoms with E-state index in [-0.39, 0.29) is 47.4 Å². The fourth-order valence-corrected chi connectivity index (χ4v) is 9.41. The first-order chi connectivity index (χ1) is 18.4. The van der Waals surface area contributed by atoms with Gasteiger partial charge in [0.1, 0.15) is 12.3 Å². The van der Waals surface area contributed by atoms with Crippen molar-refractivity contribution in [1.82, 2.24) is 4.90 Å². The van der Waals surface area contributed by atoms with Crippen molar-refractivity contribution < 1.29 is 28.8 Å². The predicted octanol–water partition coefficient (Wildman–Crippen LogP) is 3.45. The van der Waals surface area contributed by atoms with Crippen LogP contribution in [0.1, 0.15) is 42.1 Å². The van der Waals surface area contributed by atoms with Gasteiger partial charge in [0, 0.05) is 36.7 Å². The van der Waals surface area contributed by atoms with Gasteiger partial charge in [0.25, 0.3) is 0 Å². The summed E-state index contributed by atoms with van der Waals surface area (Å²) in [5, 5.41) is 11.5. The highest BCUT2D eigenvalue weighted by Crippen LogP contribution is 2.69. The Bertz CT molecular complexity index is 1270. The second kappa shape index (κ2) is 8.26. The van der Waals surface area contributed by atoms with Crippen LogP contribution in [-0.4, -0.2) is 74.8 Å². The summed E-state index contributed by atoms with van der Waals surface area (Å²) < 4.78 is 23.2. The Hall–Kier alpha value is -2.97. The van der Waals surface area contributed by atoms with Gasteiger partial charge < -0.3 is 29.0 Å². The van der Waals surface area contributed by atoms with Crippen molar-refractivity contribution in [2.45, 2.75) is 62.1 Å². The average molecular weight is 521 g/mol. The van der Waals surface area contributed by atoms with Gasteiger partial charge in [-0.15, -0.1) is 0 Å². The van der Waals surface area contributed by atoms with Crippen molar-refractivity contribution in [2.24, 2.45) is 17.8 Å². The molecule has 6 aliphatic rings. The van der Waals surface area contributed by atoms with Crippen LogP contribution in [0.4, 0.5) is 5.69 Å². The third-order valence-corrected chi connectivity index (χ3v) is 10.6. The maximum atomic E-state index is 13.9. The van der Waals surface area contributed by atoms with Crippen LogP contribution >= 0.6 is 0 Å². The van der Waals surface area contributed by atoms with Crippen LogP contribution in [0.25, 0.3) is 0 Å². The molecule has 0 aromatic heterocycles. The van der Waals surface area contributed by atoms with Crippen molar-refractivity contribution in [3.05, 3.63) is 47.5 Å². The largest absolute Gasteiger partial charge is 0.493 e. The number of fused-ring (bicyclic) bond motifs is 2. The number of benzene rings is 2. The third kappa shape index (κ3) is 2.75. The van der Waals surface area contributed by atoms with Crippen molar-refractivity contribution in [2.75, 3.05) is 33.3 Å². The molecule has 1 spiro atoms. The van der Waals surface area contributed by atoms with Crippen LogP contribution in [0.5, 0.6) is 17.2 Å². The number of anilines is 1. The van der Waals surface area contributed by atoms with Crippen LogP contribution in [-0.2, 0) is 10.2 Å². The first-order valence-corrected chi connectivity index (χ1v) is 13.7. The lowest BCUT2D eigenvalue weighted by atomic mass is 9.62. The van der Waals surface area contributed by atoms with E-state index in [9.17, 15) is 9.90 Å². The maximum Gasteiger partial charge on any atom is 0.338 e. The smallest absolute Gasteiger partial charge is 0.338 e. The molecular weight excluding hydrogens is 484 g/mol. The quantitative estimate of drug-likeness (QED) is 0.581. The molecule has 4 saturated heterocycles. The van der Waals surface area contributed by atoms with Gasteiger partial charge in [0.15, 0.2) is 11.5 Å². The van der Waals surface area contributed by atoms with Gasteiger partial charge in [0.2, 0.25) is 5.75 Å². The summed E-state index contributed by atoms with van der Waals surface area (Å²) in [4.78, 5) is 18.7. The topological polar surface area (TPSA) is 80.7 Å². The molecule has 2 unspecified atom stereocenters. The van der Waals surface area contributed by atoms with Crippen molar-refractivity contribution in [3.63, 3.8) is 0 Å². The number of likely N-dealkylation sites (N-methyl/N-ethyl adjacent to an activating group) is 1. The van der Waals surface area contributed by atoms with Gasteiger partial charge in [-0.3, -0.25) is 4.90 Å². The van der Waals surface area contributed by atoms with Crippen molar-refractivity contribution in [1.29, 1.82) is 0 Å². The number of aliphatic hydroxyl groups excluding tert-OH is 1. The number of hydrogen-bond donors (Lipinski definition) is 1. The number of nitrogens with zero attached hydrogens (tertiary/aromatic N) is 2. The van der Waals surface area contributed by atoms with Crippen LogP contribution < -0.4 is 19.1 Å². The van der Waals surface area contributed by atoms with E-state index in [1.165, 1.54) is 11.3 Å². The predicted molar refractivity (Wildman–Crippen MR) is 141 cm³/mol. The summed E-state index contributed by atoms with van der Waals surface area (Å²) >= 11 is 0. The molecule has 5 aliphatic heterocycles. The van der Waals surface area contributed by atoms with E-state index in [4.69, 9.17) is 18.9 Å². The molecule has 8 nitrogen and oxygen atoms in total. The Labute approximate surface area is 223 Å². The van der Waals surface area contributed by atoms with E-state index in [1.807, 2.05) is 0 Å². The number of esters is 1. The standard InChI is InChI=1S/C30H36N2O6/c1-6-16-17-13-20-26-30(18-9-7-8-10-19(18)31(26)2)14-21(32(20)28(16)33)24(17)27(30)38-29(34)15-11-22(35-3)25(37-5)23(12-15)36-4/h7-12,16-17,20-21,24,26-28,33H,6,13-14H2,1-5H3/t16-,17-,20-,21-,24?,26-,27+,28-,30+/m1/s1. The van der Waals surface area contributed by atoms with Gasteiger partial charge in [-0.1, -0.05) is 25.1 Å². The number of hydrogen-bond acceptors (Lipinski definition) is 8. The number of rotatable bonds is 6. The summed E-state index contributed by atoms with van der Waals surface area (Å²) in [5.41, 5.74) is 2.55. The summed E-state index contributed by atoms with van der Waals surface area (Å²) in [6.07, 6.45) is 2.09. The van der Waals surface area contributed by atoms with Crippen molar-refractivity contribution >= 4 is 11.7 Å². The summed E-state index contributed by atoms with van der Waals surface area (Å²) in [6, 6.07) is 12.5. The molecule has 5 fully saturated rings. The molecular formula is C30H36N2O6. The minimum atomic E-state index is -0.440. The molecule has 0 amide bonds. The molecule has 1 saturated carbocycles. The minimum absolute atomic E-state index is 0.136. The van der Waals surface area contributed by atoms with Crippen LogP contribution in [0.15, 0.2) is 36.4 Å². The normalized spacial score (nSPS) is 39.1. The molecule has 8 rings (SSSR count). The zero-order valence-electron chi connectivity index (χ0n) is 22.6. The molecule has 1 N–H and O–H groups in total. The fourth-order valence-electron chi connectivity index (χ4n) is 9.41. The number of para-hydroxylation sites is 1. The Balaban J connectivity index is 1.35. The Morgan fingerprint density at radius 1 is 1.08 bits per heavy atom. The van der Waals surface area contributed by atoms with Crippen LogP contribution in [0.3, 0.4) is 0 Å². The summed E-state index contributed by atoms with van der Waals surface area (Å²) in [7, 11) is 6.80. The first-order valence-electron chi connectivity index (χ1n) is 13.7. The van der Waals surface area contributed by atoms with Gasteiger partial charge in [-0.05, 0) is 48.9 Å². The first kappa shape index (κ1) is 24.1. The molecule has 2 aromatic rings. The van der Waals surface area contributed by atoms with E-state index in [0.29, 0.717) is 28.7 Å². The second-order valence-corrected chi connectivity index (χ2v) is 11.6. The van der Waals surface area contributed by atoms with E-state index >= 15 is 0 Å². The third-order valence-electron chi connectivity index (χ3n) is 10.6. The number of aliphatic hydroxyl groups is 1. The molecule has 10 atom stereocenters. The lowest BCUT2D eigenvalue weighted by Gasteiger charge is -2.62. The number of carbonyl (C=O) groups is 1. The maximum absolute atomic E-state index is 13.9. The molecule has 202 valence electrons. The van der Waals surface area contributed by atoms with Gasteiger partial charge >= 0.3 is 5.97 Å². The highest BCUT2D eigenvalue weighted by Gasteiger charge is 2.77. The van der Waals surface area contributed by atoms with E-state index < -0.39 is 6.23 Å². The molecule has 2 aromatic carbocycles. The van der Waals surface area contributed by atoms with E-state index in [0.717, 1.165) is 19.3 Å². The summed E-state index contributed by atoms with van der Waals surface area (Å²) in [6.45, 7) is 2.17. The Morgan fingerprint density at radius 2 is 1.79 bits per heavy atom. The lowest BCUT2D eigenvalue weighted by molar-refractivity contribution is -0.211. The lowest BCUT2D eigenvalue weighted by Crippen LogP contribution is -2.72. The number of carbonyl (C=O) groups excluding carboxylic acids is 1. The summed E-state index contributed by atoms with van der Waals surface area (Å²) in [5.74, 6) is 1.58. The second-order valence-electron chi connectivity index (χ2n) is 11.6. The monoisotopic (exact) mass is 520 g/mol. The van der Waals surface area contributed by atoms with E-state index in [1.54, 1.807) is 33.5 Å². The van der Waals surface area contributed by atoms with Gasteiger partial charge in [-0.2, -0.15) is 0 Å². The molecule has 5 heterocycles. The molecule has 1 aliphatic carbocycles. The molecule has 6 bridgehead atoms. The van der Waals surface area contributed by atoms with E-state index in [2.05, 4.69) is 48.0 Å². The van der Waals surface area contributed by atoms with Crippen LogP contribution in [0.2, 0.25) is 0 Å². The zero-order chi connectivity index (χ0) is 26.5. The Kier molecular flexibility index (Phi) is 5.24. The SMILES string of the molecule is CC[C@H]1[C@@H](O)N2[C@@H]3C[C@]45c6ccccc6N(C)[C@@H]4[C@H]2C[C@H]1C3[C@@H]5OC(=O)c1cc(OC)c(OC)c(OC)c1. The highest BCUT2D eigenvalue weighted by molar-refractivity contribution is 5.91. The molecule has 0 radical (unpaired) electrons. The van der Waals surface area contributed by atoms with Gasteiger partial charge in [0.05, 0.1) is 38.3 Å². The average Bonchev–Trinajstić information content (AvgIpc) is 3.34. The fraction of sp³-hybridized carbons (Fsp3) is 0.567. The number of piperidine rings is 4. The van der Waals surface area contributed by atoms with Crippen LogP contribution in [0, 0.1) is 17.8 Å². The molecule has 8 heteroatoms. The minimum Gasteiger partial charge on any atom is -0.493 e. The molecule has 38 heavy (non-hydrogen) atoms. The number of ether oxygens (including phenoxy) is 4.